The van der Waals surface area contributed by atoms with Gasteiger partial charge in [-0.2, -0.15) is 0 Å². The van der Waals surface area contributed by atoms with E-state index in [0.29, 0.717) is 25.5 Å². The van der Waals surface area contributed by atoms with Crippen molar-refractivity contribution in [2.75, 3.05) is 13.2 Å². The highest BCUT2D eigenvalue weighted by molar-refractivity contribution is 5.93. The van der Waals surface area contributed by atoms with Crippen molar-refractivity contribution in [1.29, 1.82) is 0 Å². The summed E-state index contributed by atoms with van der Waals surface area (Å²) >= 11 is 0. The summed E-state index contributed by atoms with van der Waals surface area (Å²) in [5.74, 6) is 0.587. The topological polar surface area (TPSA) is 46.6 Å². The van der Waals surface area contributed by atoms with Crippen molar-refractivity contribution in [3.8, 4) is 0 Å². The Balaban J connectivity index is 2.05. The predicted molar refractivity (Wildman–Crippen MR) is 77.1 cm³/mol. The summed E-state index contributed by atoms with van der Waals surface area (Å²) in [6.45, 7) is 11.4. The maximum atomic E-state index is 12.3. The number of allylic oxidation sites excluding steroid dienone is 1. The number of hydrogen-bond donors (Lipinski definition) is 0. The quantitative estimate of drug-likeness (QED) is 0.744. The molecule has 4 nitrogen and oxygen atoms in total. The largest absolute Gasteiger partial charge is 0.447 e. The number of carbonyl (C=O) groups excluding carboxylic acids is 2. The zero-order valence-electron chi connectivity index (χ0n) is 12.8. The molecule has 0 bridgehead atoms. The van der Waals surface area contributed by atoms with Crippen molar-refractivity contribution in [2.45, 2.75) is 46.5 Å². The van der Waals surface area contributed by atoms with Gasteiger partial charge in [-0.1, -0.05) is 26.0 Å². The van der Waals surface area contributed by atoms with Gasteiger partial charge in [-0.15, -0.1) is 0 Å². The first kappa shape index (κ1) is 15.1. The van der Waals surface area contributed by atoms with Crippen LogP contribution in [-0.2, 0) is 9.53 Å². The van der Waals surface area contributed by atoms with Gasteiger partial charge >= 0.3 is 6.09 Å². The SMILES string of the molecule is C=C(C)[C@@H]1CCC(C)(C)C[C@H]1CC(=O)N1CCOC1=O. The van der Waals surface area contributed by atoms with Crippen LogP contribution in [-0.4, -0.2) is 30.1 Å². The minimum absolute atomic E-state index is 0.0959. The van der Waals surface area contributed by atoms with E-state index in [4.69, 9.17) is 4.74 Å². The zero-order valence-corrected chi connectivity index (χ0v) is 12.8. The van der Waals surface area contributed by atoms with E-state index in [1.54, 1.807) is 0 Å². The number of rotatable bonds is 3. The monoisotopic (exact) mass is 279 g/mol. The van der Waals surface area contributed by atoms with Gasteiger partial charge in [0.25, 0.3) is 0 Å². The number of imide groups is 1. The van der Waals surface area contributed by atoms with Crippen LogP contribution in [0.4, 0.5) is 4.79 Å². The number of carbonyl (C=O) groups is 2. The fourth-order valence-electron chi connectivity index (χ4n) is 3.55. The molecule has 1 saturated heterocycles. The minimum Gasteiger partial charge on any atom is -0.447 e. The average Bonchev–Trinajstić information content (AvgIpc) is 2.73. The van der Waals surface area contributed by atoms with E-state index in [9.17, 15) is 9.59 Å². The molecular weight excluding hydrogens is 254 g/mol. The lowest BCUT2D eigenvalue weighted by Crippen LogP contribution is -2.37. The molecule has 1 aliphatic heterocycles. The molecule has 1 aliphatic carbocycles. The molecule has 2 rings (SSSR count). The van der Waals surface area contributed by atoms with Gasteiger partial charge in [-0.25, -0.2) is 9.69 Å². The molecule has 0 aromatic carbocycles. The zero-order chi connectivity index (χ0) is 14.9. The van der Waals surface area contributed by atoms with E-state index in [1.807, 2.05) is 6.92 Å². The second kappa shape index (κ2) is 5.58. The Morgan fingerprint density at radius 1 is 1.50 bits per heavy atom. The summed E-state index contributed by atoms with van der Waals surface area (Å²) < 4.78 is 4.84. The summed E-state index contributed by atoms with van der Waals surface area (Å²) in [4.78, 5) is 25.0. The Labute approximate surface area is 121 Å². The molecule has 2 amide bonds. The van der Waals surface area contributed by atoms with Crippen molar-refractivity contribution in [3.05, 3.63) is 12.2 Å². The summed E-state index contributed by atoms with van der Waals surface area (Å²) in [6, 6.07) is 0. The Kier molecular flexibility index (Phi) is 4.21. The van der Waals surface area contributed by atoms with E-state index < -0.39 is 6.09 Å². The van der Waals surface area contributed by atoms with Crippen molar-refractivity contribution < 1.29 is 14.3 Å². The molecular formula is C16H25NO3. The fourth-order valence-corrected chi connectivity index (χ4v) is 3.55. The number of ether oxygens (including phenoxy) is 1. The summed E-state index contributed by atoms with van der Waals surface area (Å²) in [6.07, 6.45) is 3.21. The smallest absolute Gasteiger partial charge is 0.416 e. The highest BCUT2D eigenvalue weighted by Crippen LogP contribution is 2.45. The molecule has 0 N–H and O–H groups in total. The first-order valence-corrected chi connectivity index (χ1v) is 7.43. The molecule has 112 valence electrons. The molecule has 20 heavy (non-hydrogen) atoms. The van der Waals surface area contributed by atoms with Gasteiger partial charge in [-0.3, -0.25) is 4.79 Å². The van der Waals surface area contributed by atoms with Crippen LogP contribution in [0.3, 0.4) is 0 Å². The van der Waals surface area contributed by atoms with E-state index >= 15 is 0 Å². The second-order valence-corrected chi connectivity index (χ2v) is 6.98. The first-order chi connectivity index (χ1) is 9.30. The predicted octanol–water partition coefficient (Wildman–Crippen LogP) is 3.37. The third kappa shape index (κ3) is 3.22. The van der Waals surface area contributed by atoms with Crippen LogP contribution in [0.5, 0.6) is 0 Å². The number of nitrogens with zero attached hydrogens (tertiary/aromatic N) is 1. The standard InChI is InChI=1S/C16H25NO3/c1-11(2)13-5-6-16(3,4)10-12(13)9-14(18)17-7-8-20-15(17)19/h12-13H,1,5-10H2,2-4H3/t12-,13+/m1/s1. The van der Waals surface area contributed by atoms with Gasteiger partial charge in [-0.05, 0) is 43.4 Å². The molecule has 1 heterocycles. The lowest BCUT2D eigenvalue weighted by molar-refractivity contribution is -0.129. The van der Waals surface area contributed by atoms with Crippen LogP contribution < -0.4 is 0 Å². The highest BCUT2D eigenvalue weighted by atomic mass is 16.6. The van der Waals surface area contributed by atoms with E-state index in [-0.39, 0.29) is 17.2 Å². The normalized spacial score (nSPS) is 29.1. The maximum Gasteiger partial charge on any atom is 0.416 e. The summed E-state index contributed by atoms with van der Waals surface area (Å²) in [5.41, 5.74) is 1.42. The first-order valence-electron chi connectivity index (χ1n) is 7.43. The minimum atomic E-state index is -0.489. The number of cyclic esters (lactones) is 1. The number of hydrogen-bond acceptors (Lipinski definition) is 3. The molecule has 2 atom stereocenters. The van der Waals surface area contributed by atoms with Gasteiger partial charge in [0.2, 0.25) is 5.91 Å². The van der Waals surface area contributed by atoms with E-state index in [0.717, 1.165) is 18.4 Å². The van der Waals surface area contributed by atoms with Crippen molar-refractivity contribution in [2.24, 2.45) is 17.3 Å². The lowest BCUT2D eigenvalue weighted by Gasteiger charge is -2.41. The third-order valence-electron chi connectivity index (χ3n) is 4.65. The molecule has 0 radical (unpaired) electrons. The average molecular weight is 279 g/mol. The summed E-state index contributed by atoms with van der Waals surface area (Å²) in [5, 5.41) is 0. The van der Waals surface area contributed by atoms with E-state index in [2.05, 4.69) is 20.4 Å². The third-order valence-corrected chi connectivity index (χ3v) is 4.65. The summed E-state index contributed by atoms with van der Waals surface area (Å²) in [7, 11) is 0. The molecule has 2 aliphatic rings. The Morgan fingerprint density at radius 3 is 2.75 bits per heavy atom. The Morgan fingerprint density at radius 2 is 2.20 bits per heavy atom. The van der Waals surface area contributed by atoms with Crippen LogP contribution in [0.1, 0.15) is 46.5 Å². The Hall–Kier alpha value is -1.32. The lowest BCUT2D eigenvalue weighted by atomic mass is 9.64. The van der Waals surface area contributed by atoms with Crippen LogP contribution in [0.2, 0.25) is 0 Å². The fraction of sp³-hybridized carbons (Fsp3) is 0.750. The van der Waals surface area contributed by atoms with Crippen molar-refractivity contribution in [1.82, 2.24) is 4.90 Å². The molecule has 4 heteroatoms. The Bertz CT molecular complexity index is 427. The molecule has 0 aromatic rings. The second-order valence-electron chi connectivity index (χ2n) is 6.98. The van der Waals surface area contributed by atoms with Gasteiger partial charge < -0.3 is 4.74 Å². The number of amides is 2. The van der Waals surface area contributed by atoms with Crippen molar-refractivity contribution in [3.63, 3.8) is 0 Å². The van der Waals surface area contributed by atoms with Gasteiger partial charge in [0.05, 0.1) is 6.54 Å². The van der Waals surface area contributed by atoms with Crippen molar-refractivity contribution >= 4 is 12.0 Å². The molecule has 0 spiro atoms. The molecule has 0 unspecified atom stereocenters. The molecule has 2 fully saturated rings. The van der Waals surface area contributed by atoms with Crippen LogP contribution >= 0.6 is 0 Å². The molecule has 0 aromatic heterocycles. The van der Waals surface area contributed by atoms with Crippen LogP contribution in [0.15, 0.2) is 12.2 Å². The maximum absolute atomic E-state index is 12.3. The highest BCUT2D eigenvalue weighted by Gasteiger charge is 2.38. The molecule has 1 saturated carbocycles. The van der Waals surface area contributed by atoms with Crippen LogP contribution in [0.25, 0.3) is 0 Å². The van der Waals surface area contributed by atoms with Gasteiger partial charge in [0.1, 0.15) is 6.61 Å². The van der Waals surface area contributed by atoms with Gasteiger partial charge in [0, 0.05) is 6.42 Å². The van der Waals surface area contributed by atoms with Gasteiger partial charge in [0.15, 0.2) is 0 Å². The van der Waals surface area contributed by atoms with Crippen LogP contribution in [0, 0.1) is 17.3 Å². The van der Waals surface area contributed by atoms with E-state index in [1.165, 1.54) is 11.3 Å².